The molecule has 0 aliphatic rings. The summed E-state index contributed by atoms with van der Waals surface area (Å²) in [6, 6.07) is 6.12. The third-order valence-corrected chi connectivity index (χ3v) is 3.06. The maximum atomic E-state index is 5.86. The van der Waals surface area contributed by atoms with Crippen LogP contribution in [0.25, 0.3) is 0 Å². The van der Waals surface area contributed by atoms with Crippen LogP contribution in [-0.4, -0.2) is 12.5 Å². The van der Waals surface area contributed by atoms with E-state index in [-0.39, 0.29) is 0 Å². The predicted molar refractivity (Wildman–Crippen MR) is 54.4 cm³/mol. The lowest BCUT2D eigenvalue weighted by atomic mass is 10.3. The summed E-state index contributed by atoms with van der Waals surface area (Å²) in [4.78, 5) is 2.33. The molecule has 2 N–H and O–H groups in total. The zero-order valence-electron chi connectivity index (χ0n) is 6.63. The molecule has 0 unspecified atom stereocenters. The number of rotatable bonds is 2. The molecule has 0 aliphatic heterocycles. The van der Waals surface area contributed by atoms with E-state index in [0.717, 1.165) is 15.5 Å². The van der Waals surface area contributed by atoms with Gasteiger partial charge in [0.1, 0.15) is 0 Å². The highest BCUT2D eigenvalue weighted by molar-refractivity contribution is 7.99. The highest BCUT2D eigenvalue weighted by atomic mass is 32.2. The molecule has 0 saturated heterocycles. The summed E-state index contributed by atoms with van der Waals surface area (Å²) >= 11 is 3.37. The van der Waals surface area contributed by atoms with Crippen LogP contribution in [0.2, 0.25) is 0 Å². The summed E-state index contributed by atoms with van der Waals surface area (Å²) in [5.41, 5.74) is 6.77. The Morgan fingerprint density at radius 3 is 1.91 bits per heavy atom. The summed E-state index contributed by atoms with van der Waals surface area (Å²) < 4.78 is 0. The standard InChI is InChI=1S/C8H11NS2/c1-10-6-4-3-5-7(11-2)8(6)9/h3-5H,9H2,1-2H3. The molecule has 1 aromatic carbocycles. The normalized spacial score (nSPS) is 10.0. The van der Waals surface area contributed by atoms with Crippen LogP contribution in [-0.2, 0) is 0 Å². The minimum atomic E-state index is 0.910. The first-order chi connectivity index (χ1) is 5.29. The molecule has 0 heterocycles. The van der Waals surface area contributed by atoms with Crippen LogP contribution in [0.4, 0.5) is 5.69 Å². The molecule has 0 aliphatic carbocycles. The van der Waals surface area contributed by atoms with Crippen molar-refractivity contribution in [1.82, 2.24) is 0 Å². The first-order valence-corrected chi connectivity index (χ1v) is 5.71. The topological polar surface area (TPSA) is 26.0 Å². The van der Waals surface area contributed by atoms with Crippen LogP contribution in [0.5, 0.6) is 0 Å². The largest absolute Gasteiger partial charge is 0.397 e. The molecule has 0 aromatic heterocycles. The molecule has 0 spiro atoms. The maximum absolute atomic E-state index is 5.86. The van der Waals surface area contributed by atoms with Crippen LogP contribution in [0, 0.1) is 0 Å². The van der Waals surface area contributed by atoms with E-state index < -0.39 is 0 Å². The van der Waals surface area contributed by atoms with Crippen molar-refractivity contribution in [3.05, 3.63) is 18.2 Å². The van der Waals surface area contributed by atoms with Gasteiger partial charge in [0.05, 0.1) is 5.69 Å². The minimum absolute atomic E-state index is 0.910. The molecule has 0 fully saturated rings. The molecular weight excluding hydrogens is 174 g/mol. The monoisotopic (exact) mass is 185 g/mol. The van der Waals surface area contributed by atoms with Gasteiger partial charge >= 0.3 is 0 Å². The molecule has 3 heteroatoms. The van der Waals surface area contributed by atoms with Crippen LogP contribution < -0.4 is 5.73 Å². The molecule has 60 valence electrons. The van der Waals surface area contributed by atoms with Gasteiger partial charge in [-0.1, -0.05) is 6.07 Å². The molecule has 1 rings (SSSR count). The van der Waals surface area contributed by atoms with E-state index in [1.807, 2.05) is 30.7 Å². The van der Waals surface area contributed by atoms with Gasteiger partial charge in [-0.25, -0.2) is 0 Å². The first kappa shape index (κ1) is 8.81. The van der Waals surface area contributed by atoms with Crippen LogP contribution >= 0.6 is 23.5 Å². The van der Waals surface area contributed by atoms with Gasteiger partial charge in [-0.3, -0.25) is 0 Å². The van der Waals surface area contributed by atoms with Crippen molar-refractivity contribution in [3.63, 3.8) is 0 Å². The molecular formula is C8H11NS2. The van der Waals surface area contributed by atoms with Gasteiger partial charge in [0.15, 0.2) is 0 Å². The second-order valence-corrected chi connectivity index (χ2v) is 3.77. The molecule has 0 saturated carbocycles. The molecule has 0 atom stereocenters. The maximum Gasteiger partial charge on any atom is 0.0590 e. The fraction of sp³-hybridized carbons (Fsp3) is 0.250. The van der Waals surface area contributed by atoms with Gasteiger partial charge in [0, 0.05) is 9.79 Å². The van der Waals surface area contributed by atoms with Gasteiger partial charge in [-0.05, 0) is 24.6 Å². The van der Waals surface area contributed by atoms with Gasteiger partial charge in [0.2, 0.25) is 0 Å². The average Bonchev–Trinajstić information content (AvgIpc) is 2.05. The van der Waals surface area contributed by atoms with Crippen molar-refractivity contribution in [1.29, 1.82) is 0 Å². The van der Waals surface area contributed by atoms with Crippen LogP contribution in [0.3, 0.4) is 0 Å². The number of hydrogen-bond donors (Lipinski definition) is 1. The Morgan fingerprint density at radius 1 is 1.09 bits per heavy atom. The summed E-state index contributed by atoms with van der Waals surface area (Å²) in [6.07, 6.45) is 4.08. The number of anilines is 1. The molecule has 11 heavy (non-hydrogen) atoms. The number of nitrogen functional groups attached to an aromatic ring is 1. The smallest absolute Gasteiger partial charge is 0.0590 e. The Morgan fingerprint density at radius 2 is 1.55 bits per heavy atom. The zero-order valence-corrected chi connectivity index (χ0v) is 8.26. The van der Waals surface area contributed by atoms with Crippen molar-refractivity contribution in [2.75, 3.05) is 18.2 Å². The van der Waals surface area contributed by atoms with Gasteiger partial charge in [-0.2, -0.15) is 0 Å². The molecule has 1 nitrogen and oxygen atoms in total. The van der Waals surface area contributed by atoms with Gasteiger partial charge in [-0.15, -0.1) is 23.5 Å². The summed E-state index contributed by atoms with van der Waals surface area (Å²) in [5.74, 6) is 0. The van der Waals surface area contributed by atoms with E-state index in [4.69, 9.17) is 5.73 Å². The second-order valence-electron chi connectivity index (χ2n) is 2.08. The molecule has 0 radical (unpaired) electrons. The summed E-state index contributed by atoms with van der Waals surface area (Å²) in [5, 5.41) is 0. The number of thioether (sulfide) groups is 2. The van der Waals surface area contributed by atoms with E-state index in [1.165, 1.54) is 0 Å². The highest BCUT2D eigenvalue weighted by Crippen LogP contribution is 2.30. The Hall–Kier alpha value is -0.280. The molecule has 0 bridgehead atoms. The van der Waals surface area contributed by atoms with Crippen molar-refractivity contribution in [2.24, 2.45) is 0 Å². The van der Waals surface area contributed by atoms with E-state index in [2.05, 4.69) is 0 Å². The Balaban J connectivity index is 3.10. The van der Waals surface area contributed by atoms with Crippen molar-refractivity contribution in [3.8, 4) is 0 Å². The second kappa shape index (κ2) is 3.93. The quantitative estimate of drug-likeness (QED) is 0.566. The van der Waals surface area contributed by atoms with Crippen LogP contribution in [0.15, 0.2) is 28.0 Å². The Bertz CT molecular complexity index is 226. The van der Waals surface area contributed by atoms with Crippen molar-refractivity contribution >= 4 is 29.2 Å². The van der Waals surface area contributed by atoms with Gasteiger partial charge < -0.3 is 5.73 Å². The number of para-hydroxylation sites is 1. The predicted octanol–water partition coefficient (Wildman–Crippen LogP) is 2.71. The molecule has 1 aromatic rings. The lowest BCUT2D eigenvalue weighted by molar-refractivity contribution is 1.35. The Kier molecular flexibility index (Phi) is 3.15. The lowest BCUT2D eigenvalue weighted by Gasteiger charge is -2.05. The third-order valence-electron chi connectivity index (χ3n) is 1.47. The molecule has 0 amide bonds. The van der Waals surface area contributed by atoms with Crippen molar-refractivity contribution in [2.45, 2.75) is 9.79 Å². The van der Waals surface area contributed by atoms with E-state index in [0.29, 0.717) is 0 Å². The first-order valence-electron chi connectivity index (χ1n) is 3.26. The van der Waals surface area contributed by atoms with E-state index >= 15 is 0 Å². The lowest BCUT2D eigenvalue weighted by Crippen LogP contribution is -1.90. The van der Waals surface area contributed by atoms with E-state index in [9.17, 15) is 0 Å². The minimum Gasteiger partial charge on any atom is -0.397 e. The fourth-order valence-electron chi connectivity index (χ4n) is 0.880. The van der Waals surface area contributed by atoms with Gasteiger partial charge in [0.25, 0.3) is 0 Å². The Labute approximate surface area is 75.7 Å². The SMILES string of the molecule is CSc1cccc(SC)c1N. The van der Waals surface area contributed by atoms with Crippen molar-refractivity contribution < 1.29 is 0 Å². The fourth-order valence-corrected chi connectivity index (χ4v) is 2.03. The number of nitrogens with two attached hydrogens (primary N) is 1. The summed E-state index contributed by atoms with van der Waals surface area (Å²) in [7, 11) is 0. The number of hydrogen-bond acceptors (Lipinski definition) is 3. The number of benzene rings is 1. The summed E-state index contributed by atoms with van der Waals surface area (Å²) in [6.45, 7) is 0. The zero-order chi connectivity index (χ0) is 8.27. The third kappa shape index (κ3) is 1.84. The van der Waals surface area contributed by atoms with E-state index in [1.54, 1.807) is 23.5 Å². The highest BCUT2D eigenvalue weighted by Gasteiger charge is 2.00. The van der Waals surface area contributed by atoms with Crippen LogP contribution in [0.1, 0.15) is 0 Å². The average molecular weight is 185 g/mol.